The molecule has 1 aliphatic heterocycles. The van der Waals surface area contributed by atoms with Crippen LogP contribution in [0, 0.1) is 0 Å². The van der Waals surface area contributed by atoms with Gasteiger partial charge in [-0.1, -0.05) is 0 Å². The third-order valence-electron chi connectivity index (χ3n) is 2.48. The van der Waals surface area contributed by atoms with Gasteiger partial charge in [-0.25, -0.2) is 5.01 Å². The van der Waals surface area contributed by atoms with Gasteiger partial charge in [-0.15, -0.1) is 0 Å². The summed E-state index contributed by atoms with van der Waals surface area (Å²) in [4.78, 5) is 11.9. The van der Waals surface area contributed by atoms with E-state index >= 15 is 0 Å². The number of carbonyl (C=O) groups is 1. The lowest BCUT2D eigenvalue weighted by atomic mass is 10.2. The first-order valence-electron chi connectivity index (χ1n) is 5.29. The average molecular weight is 301 g/mol. The van der Waals surface area contributed by atoms with Gasteiger partial charge in [0.25, 0.3) is 5.91 Å². The van der Waals surface area contributed by atoms with Gasteiger partial charge in [0.2, 0.25) is 0 Å². The van der Waals surface area contributed by atoms with Crippen molar-refractivity contribution in [2.24, 2.45) is 0 Å². The van der Waals surface area contributed by atoms with Gasteiger partial charge in [-0.05, 0) is 34.1 Å². The van der Waals surface area contributed by atoms with Crippen LogP contribution in [0.2, 0.25) is 0 Å². The SMILES string of the molecule is O=C(NN1CCOCC1)c1ccc(Br)c(O)c1. The minimum Gasteiger partial charge on any atom is -0.507 e. The third kappa shape index (κ3) is 3.18. The van der Waals surface area contributed by atoms with E-state index in [9.17, 15) is 9.90 Å². The molecule has 0 radical (unpaired) electrons. The van der Waals surface area contributed by atoms with Crippen molar-refractivity contribution in [2.45, 2.75) is 0 Å². The minimum atomic E-state index is -0.227. The summed E-state index contributed by atoms with van der Waals surface area (Å²) in [6.45, 7) is 2.58. The van der Waals surface area contributed by atoms with Crippen LogP contribution in [0.15, 0.2) is 22.7 Å². The second-order valence-corrected chi connectivity index (χ2v) is 4.56. The molecule has 2 rings (SSSR count). The van der Waals surface area contributed by atoms with Crippen molar-refractivity contribution in [3.63, 3.8) is 0 Å². The van der Waals surface area contributed by atoms with Gasteiger partial charge in [0.05, 0.1) is 17.7 Å². The van der Waals surface area contributed by atoms with Crippen LogP contribution in [0.25, 0.3) is 0 Å². The smallest absolute Gasteiger partial charge is 0.265 e. The van der Waals surface area contributed by atoms with Crippen LogP contribution >= 0.6 is 15.9 Å². The number of nitrogens with zero attached hydrogens (tertiary/aromatic N) is 1. The van der Waals surface area contributed by atoms with Crippen LogP contribution in [0.1, 0.15) is 10.4 Å². The number of benzene rings is 1. The highest BCUT2D eigenvalue weighted by Gasteiger charge is 2.14. The van der Waals surface area contributed by atoms with Crippen LogP contribution in [-0.4, -0.2) is 42.3 Å². The highest BCUT2D eigenvalue weighted by molar-refractivity contribution is 9.10. The molecule has 1 aliphatic rings. The average Bonchev–Trinajstić information content (AvgIpc) is 2.34. The molecule has 0 atom stereocenters. The molecule has 1 saturated heterocycles. The molecular weight excluding hydrogens is 288 g/mol. The molecule has 17 heavy (non-hydrogen) atoms. The van der Waals surface area contributed by atoms with E-state index in [1.807, 2.05) is 5.01 Å². The predicted octanol–water partition coefficient (Wildman–Crippen LogP) is 1.13. The number of halogens is 1. The van der Waals surface area contributed by atoms with Crippen LogP contribution in [0.4, 0.5) is 0 Å². The topological polar surface area (TPSA) is 61.8 Å². The van der Waals surface area contributed by atoms with Crippen LogP contribution in [-0.2, 0) is 4.74 Å². The first kappa shape index (κ1) is 12.3. The van der Waals surface area contributed by atoms with Crippen molar-refractivity contribution < 1.29 is 14.6 Å². The number of hydrogen-bond acceptors (Lipinski definition) is 4. The molecule has 1 heterocycles. The van der Waals surface area contributed by atoms with Gasteiger partial charge in [-0.3, -0.25) is 10.2 Å². The standard InChI is InChI=1S/C11H13BrN2O3/c12-9-2-1-8(7-10(9)15)11(16)13-14-3-5-17-6-4-14/h1-2,7,15H,3-6H2,(H,13,16). The highest BCUT2D eigenvalue weighted by Crippen LogP contribution is 2.24. The molecule has 92 valence electrons. The summed E-state index contributed by atoms with van der Waals surface area (Å²) in [6.07, 6.45) is 0. The molecule has 6 heteroatoms. The molecule has 1 amide bonds. The molecule has 5 nitrogen and oxygen atoms in total. The zero-order valence-corrected chi connectivity index (χ0v) is 10.7. The Kier molecular flexibility index (Phi) is 3.98. The van der Waals surface area contributed by atoms with Crippen LogP contribution < -0.4 is 5.43 Å². The lowest BCUT2D eigenvalue weighted by molar-refractivity contribution is 0.0126. The van der Waals surface area contributed by atoms with Crippen molar-refractivity contribution in [1.29, 1.82) is 0 Å². The van der Waals surface area contributed by atoms with Gasteiger partial charge in [0.15, 0.2) is 0 Å². The number of hydrogen-bond donors (Lipinski definition) is 2. The molecule has 1 fully saturated rings. The molecule has 1 aromatic rings. The lowest BCUT2D eigenvalue weighted by Gasteiger charge is -2.26. The summed E-state index contributed by atoms with van der Waals surface area (Å²) in [5, 5.41) is 11.3. The predicted molar refractivity (Wildman–Crippen MR) is 65.7 cm³/mol. The summed E-state index contributed by atoms with van der Waals surface area (Å²) in [5.41, 5.74) is 3.20. The Hall–Kier alpha value is -1.11. The second-order valence-electron chi connectivity index (χ2n) is 3.71. The van der Waals surface area contributed by atoms with Crippen molar-refractivity contribution in [3.8, 4) is 5.75 Å². The maximum absolute atomic E-state index is 11.9. The quantitative estimate of drug-likeness (QED) is 0.860. The summed E-state index contributed by atoms with van der Waals surface area (Å²) in [7, 11) is 0. The van der Waals surface area contributed by atoms with E-state index in [4.69, 9.17) is 4.74 Å². The zero-order chi connectivity index (χ0) is 12.3. The van der Waals surface area contributed by atoms with Gasteiger partial charge < -0.3 is 9.84 Å². The number of rotatable bonds is 2. The third-order valence-corrected chi connectivity index (χ3v) is 3.15. The number of hydrazine groups is 1. The molecule has 1 aromatic carbocycles. The molecular formula is C11H13BrN2O3. The summed E-state index contributed by atoms with van der Waals surface area (Å²) in [6, 6.07) is 4.73. The van der Waals surface area contributed by atoms with E-state index in [1.165, 1.54) is 6.07 Å². The Balaban J connectivity index is 2.01. The fourth-order valence-corrected chi connectivity index (χ4v) is 1.78. The number of aromatic hydroxyl groups is 1. The van der Waals surface area contributed by atoms with E-state index < -0.39 is 0 Å². The normalized spacial score (nSPS) is 16.8. The van der Waals surface area contributed by atoms with Crippen molar-refractivity contribution in [2.75, 3.05) is 26.3 Å². The number of morpholine rings is 1. The Morgan fingerprint density at radius 2 is 2.12 bits per heavy atom. The molecule has 0 aliphatic carbocycles. The van der Waals surface area contributed by atoms with E-state index in [1.54, 1.807) is 12.1 Å². The van der Waals surface area contributed by atoms with E-state index in [2.05, 4.69) is 21.4 Å². The van der Waals surface area contributed by atoms with Crippen molar-refractivity contribution in [3.05, 3.63) is 28.2 Å². The molecule has 0 aromatic heterocycles. The number of phenols is 1. The molecule has 0 saturated carbocycles. The Morgan fingerprint density at radius 1 is 1.41 bits per heavy atom. The van der Waals surface area contributed by atoms with E-state index in [0.29, 0.717) is 36.3 Å². The lowest BCUT2D eigenvalue weighted by Crippen LogP contribution is -2.48. The molecule has 0 unspecified atom stereocenters. The van der Waals surface area contributed by atoms with Crippen molar-refractivity contribution >= 4 is 21.8 Å². The summed E-state index contributed by atoms with van der Waals surface area (Å²) < 4.78 is 5.75. The van der Waals surface area contributed by atoms with Gasteiger partial charge in [0.1, 0.15) is 5.75 Å². The monoisotopic (exact) mass is 300 g/mol. The molecule has 0 spiro atoms. The second kappa shape index (κ2) is 5.48. The van der Waals surface area contributed by atoms with Gasteiger partial charge >= 0.3 is 0 Å². The number of phenolic OH excluding ortho intramolecular Hbond substituents is 1. The zero-order valence-electron chi connectivity index (χ0n) is 9.15. The van der Waals surface area contributed by atoms with Crippen LogP contribution in [0.5, 0.6) is 5.75 Å². The Labute approximate surface area is 107 Å². The van der Waals surface area contributed by atoms with Crippen LogP contribution in [0.3, 0.4) is 0 Å². The highest BCUT2D eigenvalue weighted by atomic mass is 79.9. The van der Waals surface area contributed by atoms with Crippen molar-refractivity contribution in [1.82, 2.24) is 10.4 Å². The van der Waals surface area contributed by atoms with E-state index in [0.717, 1.165) is 0 Å². The number of amides is 1. The van der Waals surface area contributed by atoms with Gasteiger partial charge in [-0.2, -0.15) is 0 Å². The largest absolute Gasteiger partial charge is 0.507 e. The first-order chi connectivity index (χ1) is 8.16. The number of ether oxygens (including phenoxy) is 1. The minimum absolute atomic E-state index is 0.0552. The maximum Gasteiger partial charge on any atom is 0.265 e. The molecule has 0 bridgehead atoms. The Bertz CT molecular complexity index is 419. The summed E-state index contributed by atoms with van der Waals surface area (Å²) in [5.74, 6) is -0.172. The van der Waals surface area contributed by atoms with E-state index in [-0.39, 0.29) is 11.7 Å². The van der Waals surface area contributed by atoms with Gasteiger partial charge in [0, 0.05) is 18.7 Å². The molecule has 2 N–H and O–H groups in total. The Morgan fingerprint density at radius 3 is 2.76 bits per heavy atom. The fraction of sp³-hybridized carbons (Fsp3) is 0.364. The summed E-state index contributed by atoms with van der Waals surface area (Å²) >= 11 is 3.17. The fourth-order valence-electron chi connectivity index (χ4n) is 1.54. The maximum atomic E-state index is 11.9. The number of carbonyl (C=O) groups excluding carboxylic acids is 1. The first-order valence-corrected chi connectivity index (χ1v) is 6.08. The number of nitrogens with one attached hydrogen (secondary N) is 1.